The number of rotatable bonds is 1. The van der Waals surface area contributed by atoms with E-state index in [1.807, 2.05) is 12.1 Å². The van der Waals surface area contributed by atoms with E-state index < -0.39 is 6.67 Å². The van der Waals surface area contributed by atoms with E-state index in [1.54, 1.807) is 19.1 Å². The molecule has 0 fully saturated rings. The topological polar surface area (TPSA) is 0 Å². The molecule has 0 unspecified atom stereocenters. The van der Waals surface area contributed by atoms with Crippen LogP contribution >= 0.6 is 0 Å². The van der Waals surface area contributed by atoms with Gasteiger partial charge in [0.1, 0.15) is 6.67 Å². The van der Waals surface area contributed by atoms with E-state index in [1.165, 1.54) is 0 Å². The average Bonchev–Trinajstić information content (AvgIpc) is 2.07. The molecule has 0 atom stereocenters. The van der Waals surface area contributed by atoms with Gasteiger partial charge < -0.3 is 0 Å². The van der Waals surface area contributed by atoms with Gasteiger partial charge in [0.25, 0.3) is 0 Å². The van der Waals surface area contributed by atoms with Crippen LogP contribution in [0.5, 0.6) is 0 Å². The molecule has 0 amide bonds. The molecule has 0 bridgehead atoms. The molecule has 1 heteroatoms. The fourth-order valence-electron chi connectivity index (χ4n) is 0.822. The fraction of sp³-hybridized carbons (Fsp3) is 0.200. The lowest BCUT2D eigenvalue weighted by Gasteiger charge is -1.92. The Hall–Kier alpha value is -1.29. The van der Waals surface area contributed by atoms with Crippen LogP contribution < -0.4 is 0 Å². The zero-order chi connectivity index (χ0) is 8.10. The molecule has 0 aliphatic carbocycles. The molecule has 1 aromatic rings. The highest BCUT2D eigenvalue weighted by Gasteiger charge is 1.89. The van der Waals surface area contributed by atoms with Gasteiger partial charge in [0.15, 0.2) is 0 Å². The monoisotopic (exact) mass is 148 g/mol. The van der Waals surface area contributed by atoms with Gasteiger partial charge in [-0.15, -0.1) is 5.92 Å². The Morgan fingerprint density at radius 3 is 2.36 bits per heavy atom. The third kappa shape index (κ3) is 2.09. The van der Waals surface area contributed by atoms with Crippen molar-refractivity contribution < 1.29 is 4.39 Å². The molecule has 0 saturated carbocycles. The molecular formula is C10H9F. The van der Waals surface area contributed by atoms with Crippen LogP contribution in [0.4, 0.5) is 4.39 Å². The van der Waals surface area contributed by atoms with Gasteiger partial charge in [0.2, 0.25) is 0 Å². The third-order valence-corrected chi connectivity index (χ3v) is 1.38. The van der Waals surface area contributed by atoms with Crippen LogP contribution in [0.3, 0.4) is 0 Å². The molecule has 1 aromatic carbocycles. The SMILES string of the molecule is CC#Cc1ccc(CF)cc1. The Kier molecular flexibility index (Phi) is 2.68. The van der Waals surface area contributed by atoms with Crippen molar-refractivity contribution in [2.75, 3.05) is 0 Å². The summed E-state index contributed by atoms with van der Waals surface area (Å²) in [7, 11) is 0. The first-order valence-electron chi connectivity index (χ1n) is 3.44. The third-order valence-electron chi connectivity index (χ3n) is 1.38. The van der Waals surface area contributed by atoms with Crippen molar-refractivity contribution in [3.05, 3.63) is 35.4 Å². The van der Waals surface area contributed by atoms with Gasteiger partial charge in [-0.2, -0.15) is 0 Å². The Balaban J connectivity index is 2.88. The minimum absolute atomic E-state index is 0.403. The maximum Gasteiger partial charge on any atom is 0.115 e. The maximum atomic E-state index is 12.0. The first-order valence-corrected chi connectivity index (χ1v) is 3.44. The van der Waals surface area contributed by atoms with Crippen LogP contribution in [-0.4, -0.2) is 0 Å². The van der Waals surface area contributed by atoms with Crippen molar-refractivity contribution in [2.45, 2.75) is 13.6 Å². The predicted octanol–water partition coefficient (Wildman–Crippen LogP) is 2.53. The van der Waals surface area contributed by atoms with Crippen molar-refractivity contribution in [1.82, 2.24) is 0 Å². The van der Waals surface area contributed by atoms with E-state index in [-0.39, 0.29) is 0 Å². The van der Waals surface area contributed by atoms with Crippen molar-refractivity contribution in [1.29, 1.82) is 0 Å². The molecule has 11 heavy (non-hydrogen) atoms. The van der Waals surface area contributed by atoms with Gasteiger partial charge in [-0.05, 0) is 24.6 Å². The van der Waals surface area contributed by atoms with E-state index in [4.69, 9.17) is 0 Å². The molecule has 0 aliphatic rings. The first-order chi connectivity index (χ1) is 5.36. The zero-order valence-corrected chi connectivity index (χ0v) is 6.39. The van der Waals surface area contributed by atoms with E-state index >= 15 is 0 Å². The molecule has 56 valence electrons. The van der Waals surface area contributed by atoms with Crippen LogP contribution in [0.25, 0.3) is 0 Å². The standard InChI is InChI=1S/C10H9F/c1-2-3-9-4-6-10(8-11)7-5-9/h4-7H,8H2,1H3. The number of benzene rings is 1. The van der Waals surface area contributed by atoms with Crippen molar-refractivity contribution in [3.8, 4) is 11.8 Å². The van der Waals surface area contributed by atoms with Gasteiger partial charge >= 0.3 is 0 Å². The molecule has 1 rings (SSSR count). The number of hydrogen-bond acceptors (Lipinski definition) is 0. The minimum Gasteiger partial charge on any atom is -0.246 e. The summed E-state index contributed by atoms with van der Waals surface area (Å²) in [5.74, 6) is 5.66. The molecule has 0 saturated heterocycles. The quantitative estimate of drug-likeness (QED) is 0.537. The summed E-state index contributed by atoms with van der Waals surface area (Å²) >= 11 is 0. The highest BCUT2D eigenvalue weighted by molar-refractivity contribution is 5.35. The first kappa shape index (κ1) is 7.81. The van der Waals surface area contributed by atoms with Gasteiger partial charge in [-0.1, -0.05) is 18.1 Å². The second-order valence-corrected chi connectivity index (χ2v) is 2.21. The van der Waals surface area contributed by atoms with E-state index in [0.29, 0.717) is 5.56 Å². The molecule has 0 aliphatic heterocycles. The molecule has 0 spiro atoms. The van der Waals surface area contributed by atoms with Gasteiger partial charge in [-0.3, -0.25) is 0 Å². The largest absolute Gasteiger partial charge is 0.246 e. The summed E-state index contributed by atoms with van der Waals surface area (Å²) in [6.07, 6.45) is 0. The van der Waals surface area contributed by atoms with Gasteiger partial charge in [0.05, 0.1) is 0 Å². The van der Waals surface area contributed by atoms with E-state index in [2.05, 4.69) is 11.8 Å². The average molecular weight is 148 g/mol. The Labute approximate surface area is 66.1 Å². The number of halogens is 1. The number of hydrogen-bond donors (Lipinski definition) is 0. The van der Waals surface area contributed by atoms with E-state index in [9.17, 15) is 4.39 Å². The van der Waals surface area contributed by atoms with Crippen molar-refractivity contribution in [3.63, 3.8) is 0 Å². The molecule has 0 nitrogen and oxygen atoms in total. The van der Waals surface area contributed by atoms with E-state index in [0.717, 1.165) is 5.56 Å². The molecule has 0 N–H and O–H groups in total. The molecule has 0 radical (unpaired) electrons. The fourth-order valence-corrected chi connectivity index (χ4v) is 0.822. The lowest BCUT2D eigenvalue weighted by molar-refractivity contribution is 0.485. The van der Waals surface area contributed by atoms with Crippen LogP contribution in [0.2, 0.25) is 0 Å². The zero-order valence-electron chi connectivity index (χ0n) is 6.39. The minimum atomic E-state index is -0.403. The van der Waals surface area contributed by atoms with Crippen LogP contribution in [-0.2, 0) is 6.67 Å². The Morgan fingerprint density at radius 2 is 1.91 bits per heavy atom. The van der Waals surface area contributed by atoms with Crippen molar-refractivity contribution >= 4 is 0 Å². The second kappa shape index (κ2) is 3.78. The molecular weight excluding hydrogens is 139 g/mol. The van der Waals surface area contributed by atoms with Gasteiger partial charge in [0, 0.05) is 5.56 Å². The smallest absolute Gasteiger partial charge is 0.115 e. The lowest BCUT2D eigenvalue weighted by atomic mass is 10.1. The van der Waals surface area contributed by atoms with Crippen molar-refractivity contribution in [2.24, 2.45) is 0 Å². The van der Waals surface area contributed by atoms with Crippen LogP contribution in [0, 0.1) is 11.8 Å². The van der Waals surface area contributed by atoms with Crippen LogP contribution in [0.15, 0.2) is 24.3 Å². The maximum absolute atomic E-state index is 12.0. The summed E-state index contributed by atoms with van der Waals surface area (Å²) < 4.78 is 12.0. The summed E-state index contributed by atoms with van der Waals surface area (Å²) in [5.41, 5.74) is 1.64. The van der Waals surface area contributed by atoms with Crippen LogP contribution in [0.1, 0.15) is 18.1 Å². The normalized spacial score (nSPS) is 8.55. The summed E-state index contributed by atoms with van der Waals surface area (Å²) in [4.78, 5) is 0. The summed E-state index contributed by atoms with van der Waals surface area (Å²) in [6, 6.07) is 7.15. The Morgan fingerprint density at radius 1 is 1.27 bits per heavy atom. The summed E-state index contributed by atoms with van der Waals surface area (Å²) in [6.45, 7) is 1.38. The highest BCUT2D eigenvalue weighted by atomic mass is 19.1. The molecule has 0 aromatic heterocycles. The predicted molar refractivity (Wildman–Crippen MR) is 43.8 cm³/mol. The Bertz CT molecular complexity index is 274. The second-order valence-electron chi connectivity index (χ2n) is 2.21. The molecule has 0 heterocycles. The summed E-state index contributed by atoms with van der Waals surface area (Å²) in [5, 5.41) is 0. The number of alkyl halides is 1. The highest BCUT2D eigenvalue weighted by Crippen LogP contribution is 2.03. The van der Waals surface area contributed by atoms with Gasteiger partial charge in [-0.25, -0.2) is 4.39 Å². The lowest BCUT2D eigenvalue weighted by Crippen LogP contribution is -1.78.